The third kappa shape index (κ3) is 3.29. The van der Waals surface area contributed by atoms with Crippen LogP contribution in [0.15, 0.2) is 52.8 Å². The number of amides is 1. The SMILES string of the molecule is C[C@H](O)C1=CN([C@H]2C[C@H](NC(=O)c3cc(-c4ccccc4)on3)C2)NN1. The summed E-state index contributed by atoms with van der Waals surface area (Å²) in [6.45, 7) is 1.70. The molecule has 1 aliphatic heterocycles. The highest BCUT2D eigenvalue weighted by molar-refractivity contribution is 5.93. The molecule has 2 aromatic rings. The van der Waals surface area contributed by atoms with Gasteiger partial charge in [-0.2, -0.15) is 0 Å². The minimum absolute atomic E-state index is 0.0928. The summed E-state index contributed by atoms with van der Waals surface area (Å²) >= 11 is 0. The molecule has 26 heavy (non-hydrogen) atoms. The summed E-state index contributed by atoms with van der Waals surface area (Å²) in [7, 11) is 0. The topological polar surface area (TPSA) is 103 Å². The molecule has 1 aromatic heterocycles. The number of aliphatic hydroxyl groups is 1. The molecule has 2 heterocycles. The number of nitrogens with zero attached hydrogens (tertiary/aromatic N) is 2. The first-order valence-corrected chi connectivity index (χ1v) is 8.63. The van der Waals surface area contributed by atoms with E-state index in [9.17, 15) is 9.90 Å². The van der Waals surface area contributed by atoms with Crippen molar-refractivity contribution >= 4 is 5.91 Å². The van der Waals surface area contributed by atoms with Gasteiger partial charge in [-0.15, -0.1) is 5.53 Å². The molecule has 1 saturated carbocycles. The predicted octanol–water partition coefficient (Wildman–Crippen LogP) is 1.15. The Morgan fingerprint density at radius 3 is 2.85 bits per heavy atom. The highest BCUT2D eigenvalue weighted by Crippen LogP contribution is 2.27. The number of rotatable bonds is 5. The van der Waals surface area contributed by atoms with Crippen LogP contribution in [0.2, 0.25) is 0 Å². The predicted molar refractivity (Wildman–Crippen MR) is 94.1 cm³/mol. The Labute approximate surface area is 150 Å². The summed E-state index contributed by atoms with van der Waals surface area (Å²) in [5, 5.41) is 18.3. The molecule has 0 radical (unpaired) electrons. The minimum Gasteiger partial charge on any atom is -0.387 e. The number of carbonyl (C=O) groups is 1. The molecule has 1 fully saturated rings. The maximum absolute atomic E-state index is 12.3. The first-order valence-electron chi connectivity index (χ1n) is 8.63. The Morgan fingerprint density at radius 1 is 1.38 bits per heavy atom. The van der Waals surface area contributed by atoms with Gasteiger partial charge in [0.05, 0.1) is 17.8 Å². The Kier molecular flexibility index (Phi) is 4.36. The van der Waals surface area contributed by atoms with Crippen LogP contribution < -0.4 is 16.3 Å². The normalized spacial score (nSPS) is 23.0. The van der Waals surface area contributed by atoms with Gasteiger partial charge in [-0.25, -0.2) is 0 Å². The molecule has 8 nitrogen and oxygen atoms in total. The molecule has 2 aliphatic rings. The van der Waals surface area contributed by atoms with Gasteiger partial charge in [0.1, 0.15) is 0 Å². The lowest BCUT2D eigenvalue weighted by Crippen LogP contribution is -2.56. The van der Waals surface area contributed by atoms with Crippen molar-refractivity contribution in [2.75, 3.05) is 0 Å². The average molecular weight is 355 g/mol. The summed E-state index contributed by atoms with van der Waals surface area (Å²) in [5.74, 6) is 0.345. The first-order chi connectivity index (χ1) is 12.6. The Hall–Kier alpha value is -2.84. The second-order valence-corrected chi connectivity index (χ2v) is 6.64. The van der Waals surface area contributed by atoms with Crippen LogP contribution in [-0.4, -0.2) is 39.4 Å². The van der Waals surface area contributed by atoms with Gasteiger partial charge in [0.15, 0.2) is 11.5 Å². The van der Waals surface area contributed by atoms with Crippen molar-refractivity contribution in [3.05, 3.63) is 54.0 Å². The highest BCUT2D eigenvalue weighted by Gasteiger charge is 2.36. The van der Waals surface area contributed by atoms with Crippen molar-refractivity contribution in [2.45, 2.75) is 38.0 Å². The van der Waals surface area contributed by atoms with Gasteiger partial charge in [0, 0.05) is 23.9 Å². The second-order valence-electron chi connectivity index (χ2n) is 6.64. The van der Waals surface area contributed by atoms with Gasteiger partial charge in [0.25, 0.3) is 5.91 Å². The van der Waals surface area contributed by atoms with E-state index in [2.05, 4.69) is 21.4 Å². The van der Waals surface area contributed by atoms with E-state index in [0.717, 1.165) is 24.1 Å². The van der Waals surface area contributed by atoms with Crippen molar-refractivity contribution in [3.8, 4) is 11.3 Å². The maximum Gasteiger partial charge on any atom is 0.273 e. The van der Waals surface area contributed by atoms with Crippen LogP contribution in [-0.2, 0) is 0 Å². The lowest BCUT2D eigenvalue weighted by molar-refractivity contribution is 0.0754. The number of carbonyl (C=O) groups excluding carboxylic acids is 1. The van der Waals surface area contributed by atoms with Gasteiger partial charge >= 0.3 is 0 Å². The molecule has 0 unspecified atom stereocenters. The number of hydrogen-bond donors (Lipinski definition) is 4. The van der Waals surface area contributed by atoms with E-state index < -0.39 is 6.10 Å². The van der Waals surface area contributed by atoms with E-state index in [1.807, 2.05) is 41.5 Å². The smallest absolute Gasteiger partial charge is 0.273 e. The van der Waals surface area contributed by atoms with E-state index >= 15 is 0 Å². The molecular formula is C18H21N5O3. The van der Waals surface area contributed by atoms with E-state index in [-0.39, 0.29) is 23.7 Å². The number of hydrazine groups is 2. The van der Waals surface area contributed by atoms with E-state index in [4.69, 9.17) is 4.52 Å². The molecule has 0 bridgehead atoms. The van der Waals surface area contributed by atoms with E-state index in [0.29, 0.717) is 5.76 Å². The standard InChI is InChI=1S/C18H21N5O3/c1-11(24)16-10-23(22-20-16)14-7-13(8-14)19-18(25)15-9-17(26-21-15)12-5-3-2-4-6-12/h2-6,9-11,13-14,20,22,24H,7-8H2,1H3,(H,19,25)/t11-,13-,14-/m0/s1. The second kappa shape index (κ2) is 6.81. The number of aliphatic hydroxyl groups excluding tert-OH is 1. The highest BCUT2D eigenvalue weighted by atomic mass is 16.5. The fraction of sp³-hybridized carbons (Fsp3) is 0.333. The molecule has 8 heteroatoms. The zero-order valence-corrected chi connectivity index (χ0v) is 14.3. The number of hydrogen-bond acceptors (Lipinski definition) is 7. The minimum atomic E-state index is -0.547. The van der Waals surface area contributed by atoms with Crippen LogP contribution in [0.5, 0.6) is 0 Å². The van der Waals surface area contributed by atoms with Gasteiger partial charge in [0.2, 0.25) is 0 Å². The summed E-state index contributed by atoms with van der Waals surface area (Å²) in [6.07, 6.45) is 2.94. The van der Waals surface area contributed by atoms with E-state index in [1.54, 1.807) is 13.0 Å². The largest absolute Gasteiger partial charge is 0.387 e. The Bertz CT molecular complexity index is 811. The Balaban J connectivity index is 1.30. The van der Waals surface area contributed by atoms with Crippen molar-refractivity contribution in [2.24, 2.45) is 0 Å². The molecule has 1 amide bonds. The zero-order chi connectivity index (χ0) is 18.1. The average Bonchev–Trinajstić information content (AvgIpc) is 3.28. The van der Waals surface area contributed by atoms with Crippen LogP contribution in [0.4, 0.5) is 0 Å². The molecule has 0 spiro atoms. The molecule has 4 rings (SSSR count). The molecule has 1 aromatic carbocycles. The summed E-state index contributed by atoms with van der Waals surface area (Å²) in [4.78, 5) is 12.3. The lowest BCUT2D eigenvalue weighted by Gasteiger charge is -2.40. The molecule has 136 valence electrons. The molecule has 1 aliphatic carbocycles. The molecule has 0 saturated heterocycles. The van der Waals surface area contributed by atoms with Crippen LogP contribution in [0, 0.1) is 0 Å². The Morgan fingerprint density at radius 2 is 2.15 bits per heavy atom. The van der Waals surface area contributed by atoms with Crippen LogP contribution >= 0.6 is 0 Å². The fourth-order valence-electron chi connectivity index (χ4n) is 3.07. The van der Waals surface area contributed by atoms with Crippen molar-refractivity contribution in [1.29, 1.82) is 0 Å². The van der Waals surface area contributed by atoms with Crippen LogP contribution in [0.3, 0.4) is 0 Å². The lowest BCUT2D eigenvalue weighted by atomic mass is 9.86. The molecule has 4 N–H and O–H groups in total. The van der Waals surface area contributed by atoms with Gasteiger partial charge in [-0.1, -0.05) is 35.5 Å². The fourth-order valence-corrected chi connectivity index (χ4v) is 3.07. The van der Waals surface area contributed by atoms with E-state index in [1.165, 1.54) is 0 Å². The number of benzene rings is 1. The van der Waals surface area contributed by atoms with Crippen molar-refractivity contribution in [3.63, 3.8) is 0 Å². The maximum atomic E-state index is 12.3. The molecule has 1 atom stereocenters. The van der Waals surface area contributed by atoms with Gasteiger partial charge in [-0.05, 0) is 19.8 Å². The third-order valence-electron chi connectivity index (χ3n) is 4.70. The molecular weight excluding hydrogens is 334 g/mol. The number of nitrogens with one attached hydrogen (secondary N) is 3. The summed E-state index contributed by atoms with van der Waals surface area (Å²) in [5.41, 5.74) is 7.84. The number of aromatic nitrogens is 1. The van der Waals surface area contributed by atoms with Crippen molar-refractivity contribution < 1.29 is 14.4 Å². The van der Waals surface area contributed by atoms with Crippen molar-refractivity contribution in [1.82, 2.24) is 26.4 Å². The zero-order valence-electron chi connectivity index (χ0n) is 14.3. The summed E-state index contributed by atoms with van der Waals surface area (Å²) in [6, 6.07) is 11.6. The third-order valence-corrected chi connectivity index (χ3v) is 4.70. The first kappa shape index (κ1) is 16.6. The monoisotopic (exact) mass is 355 g/mol. The quantitative estimate of drug-likeness (QED) is 0.638. The van der Waals surface area contributed by atoms with Crippen LogP contribution in [0.1, 0.15) is 30.3 Å². The van der Waals surface area contributed by atoms with Gasteiger partial charge in [-0.3, -0.25) is 9.80 Å². The van der Waals surface area contributed by atoms with Crippen LogP contribution in [0.25, 0.3) is 11.3 Å². The van der Waals surface area contributed by atoms with Gasteiger partial charge < -0.3 is 20.4 Å². The summed E-state index contributed by atoms with van der Waals surface area (Å²) < 4.78 is 5.27.